The topological polar surface area (TPSA) is 131 Å². The number of fused-ring (bicyclic) bond motifs is 2. The molecular formula is C44H50F2N8O4. The van der Waals surface area contributed by atoms with Crippen LogP contribution in [-0.4, -0.2) is 86.5 Å². The Morgan fingerprint density at radius 3 is 2.33 bits per heavy atom. The zero-order chi connectivity index (χ0) is 40.8. The van der Waals surface area contributed by atoms with Crippen LogP contribution < -0.4 is 14.8 Å². The number of ether oxygens (including phenoxy) is 2. The molecule has 2 fully saturated rings. The fourth-order valence-electron chi connectivity index (χ4n) is 8.38. The molecule has 0 bridgehead atoms. The summed E-state index contributed by atoms with van der Waals surface area (Å²) in [5.41, 5.74) is 8.17. The van der Waals surface area contributed by atoms with Gasteiger partial charge in [0.1, 0.15) is 17.0 Å². The van der Waals surface area contributed by atoms with Crippen molar-refractivity contribution in [2.45, 2.75) is 77.4 Å². The minimum atomic E-state index is -2.83. The SMILES string of the molecule is COc1cc(-n2ncc3c(-c4cccc(Nc5nc(C(F)F)nc6cc(CN(C)C7CCCCC7)cnc56)c4C)cccc32)cc(OC)c1CN1CCCC1.O=CO. The molecule has 14 heteroatoms. The average molecular weight is 793 g/mol. The number of benzene rings is 3. The Morgan fingerprint density at radius 1 is 0.948 bits per heavy atom. The maximum absolute atomic E-state index is 14.2. The molecule has 4 heterocycles. The number of methoxy groups -OCH3 is 2. The number of carbonyl (C=O) groups is 1. The lowest BCUT2D eigenvalue weighted by atomic mass is 9.94. The molecule has 2 aliphatic rings. The third-order valence-electron chi connectivity index (χ3n) is 11.3. The van der Waals surface area contributed by atoms with Crippen LogP contribution in [0.25, 0.3) is 38.8 Å². The lowest BCUT2D eigenvalue weighted by Gasteiger charge is -2.31. The van der Waals surface area contributed by atoms with Crippen molar-refractivity contribution in [1.82, 2.24) is 34.5 Å². The second kappa shape index (κ2) is 18.2. The first-order valence-corrected chi connectivity index (χ1v) is 19.8. The number of nitrogens with one attached hydrogen (secondary N) is 1. The highest BCUT2D eigenvalue weighted by Gasteiger charge is 2.23. The number of likely N-dealkylation sites (tertiary alicyclic amines) is 1. The van der Waals surface area contributed by atoms with E-state index in [-0.39, 0.29) is 12.3 Å². The molecule has 6 aromatic rings. The van der Waals surface area contributed by atoms with Crippen molar-refractivity contribution in [3.63, 3.8) is 0 Å². The summed E-state index contributed by atoms with van der Waals surface area (Å²) >= 11 is 0. The number of hydrogen-bond acceptors (Lipinski definition) is 10. The summed E-state index contributed by atoms with van der Waals surface area (Å²) in [4.78, 5) is 26.4. The van der Waals surface area contributed by atoms with Gasteiger partial charge in [0, 0.05) is 48.5 Å². The molecule has 3 aromatic heterocycles. The van der Waals surface area contributed by atoms with Crippen molar-refractivity contribution in [1.29, 1.82) is 0 Å². The van der Waals surface area contributed by atoms with Gasteiger partial charge in [-0.1, -0.05) is 43.5 Å². The number of carboxylic acid groups (broad SMARTS) is 1. The van der Waals surface area contributed by atoms with E-state index in [2.05, 4.69) is 44.3 Å². The third kappa shape index (κ3) is 8.58. The summed E-state index contributed by atoms with van der Waals surface area (Å²) in [5, 5.41) is 16.1. The lowest BCUT2D eigenvalue weighted by molar-refractivity contribution is -0.122. The molecule has 0 unspecified atom stereocenters. The number of hydrogen-bond donors (Lipinski definition) is 2. The van der Waals surface area contributed by atoms with Gasteiger partial charge in [0.2, 0.25) is 0 Å². The first-order chi connectivity index (χ1) is 28.2. The molecule has 1 aliphatic carbocycles. The van der Waals surface area contributed by atoms with Crippen LogP contribution in [0.1, 0.15) is 73.9 Å². The van der Waals surface area contributed by atoms with Gasteiger partial charge >= 0.3 is 0 Å². The molecule has 8 rings (SSSR count). The van der Waals surface area contributed by atoms with Gasteiger partial charge in [-0.25, -0.2) is 23.4 Å². The molecule has 12 nitrogen and oxygen atoms in total. The number of rotatable bonds is 12. The maximum atomic E-state index is 14.2. The summed E-state index contributed by atoms with van der Waals surface area (Å²) in [6, 6.07) is 18.5. The standard InChI is InChI=1S/C43H48F2N8O2.CH2O2/c1-27-31(32-15-11-17-37-33(32)24-47-53(37)30-21-38(54-3)34(39(22-30)55-4)26-52-18-8-9-19-52)14-10-16-35(27)48-42-40-36(49-43(50-42)41(44)45)20-28(23-46-40)25-51(2)29-12-6-5-7-13-29;2-1-3/h10-11,14-17,20-24,29,41H,5-9,12-13,18-19,25-26H2,1-4H3,(H,48,49,50);1H,(H,2,3). The van der Waals surface area contributed by atoms with E-state index >= 15 is 0 Å². The van der Waals surface area contributed by atoms with Crippen molar-refractivity contribution in [3.05, 3.63) is 89.5 Å². The highest BCUT2D eigenvalue weighted by atomic mass is 19.3. The van der Waals surface area contributed by atoms with Crippen LogP contribution in [0.5, 0.6) is 11.5 Å². The van der Waals surface area contributed by atoms with E-state index in [0.29, 0.717) is 23.6 Å². The van der Waals surface area contributed by atoms with Crippen LogP contribution in [0.15, 0.2) is 67.0 Å². The molecule has 0 spiro atoms. The summed E-state index contributed by atoms with van der Waals surface area (Å²) in [6.07, 6.45) is 9.38. The van der Waals surface area contributed by atoms with E-state index in [1.165, 1.54) is 44.9 Å². The Labute approximate surface area is 336 Å². The number of anilines is 2. The van der Waals surface area contributed by atoms with E-state index in [0.717, 1.165) is 81.2 Å². The van der Waals surface area contributed by atoms with Gasteiger partial charge in [-0.05, 0) is 93.2 Å². The summed E-state index contributed by atoms with van der Waals surface area (Å²) in [6.45, 7) is 5.35. The molecular weight excluding hydrogens is 743 g/mol. The van der Waals surface area contributed by atoms with Crippen molar-refractivity contribution >= 4 is 39.9 Å². The zero-order valence-corrected chi connectivity index (χ0v) is 33.4. The fraction of sp³-hybridized carbons (Fsp3) is 0.386. The molecule has 1 saturated carbocycles. The number of alkyl halides is 2. The van der Waals surface area contributed by atoms with Crippen molar-refractivity contribution in [2.24, 2.45) is 0 Å². The predicted molar refractivity (Wildman–Crippen MR) is 221 cm³/mol. The first kappa shape index (κ1) is 40.5. The van der Waals surface area contributed by atoms with Gasteiger partial charge < -0.3 is 19.9 Å². The molecule has 304 valence electrons. The van der Waals surface area contributed by atoms with Crippen molar-refractivity contribution < 1.29 is 28.2 Å². The molecule has 1 aliphatic heterocycles. The maximum Gasteiger partial charge on any atom is 0.297 e. The Kier molecular flexibility index (Phi) is 12.7. The van der Waals surface area contributed by atoms with E-state index in [1.54, 1.807) is 14.2 Å². The molecule has 1 saturated heterocycles. The molecule has 2 N–H and O–H groups in total. The Hall–Kier alpha value is -5.73. The molecule has 0 atom stereocenters. The minimum Gasteiger partial charge on any atom is -0.496 e. The summed E-state index contributed by atoms with van der Waals surface area (Å²) < 4.78 is 42.1. The van der Waals surface area contributed by atoms with Crippen molar-refractivity contribution in [2.75, 3.05) is 39.7 Å². The average Bonchev–Trinajstić information content (AvgIpc) is 3.93. The van der Waals surface area contributed by atoms with Crippen LogP contribution in [-0.2, 0) is 17.9 Å². The number of aromatic nitrogens is 5. The highest BCUT2D eigenvalue weighted by molar-refractivity contribution is 5.97. The lowest BCUT2D eigenvalue weighted by Crippen LogP contribution is -2.32. The smallest absolute Gasteiger partial charge is 0.297 e. The van der Waals surface area contributed by atoms with Gasteiger partial charge in [0.15, 0.2) is 11.6 Å². The van der Waals surface area contributed by atoms with Crippen LogP contribution >= 0.6 is 0 Å². The minimum absolute atomic E-state index is 0.245. The van der Waals surface area contributed by atoms with Gasteiger partial charge in [-0.2, -0.15) is 5.10 Å². The quantitative estimate of drug-likeness (QED) is 0.115. The van der Waals surface area contributed by atoms with Gasteiger partial charge in [-0.3, -0.25) is 19.6 Å². The number of halogens is 2. The van der Waals surface area contributed by atoms with E-state index in [9.17, 15) is 8.78 Å². The number of nitrogens with zero attached hydrogens (tertiary/aromatic N) is 7. The zero-order valence-electron chi connectivity index (χ0n) is 33.4. The van der Waals surface area contributed by atoms with E-state index in [1.807, 2.05) is 66.5 Å². The fourth-order valence-corrected chi connectivity index (χ4v) is 8.38. The van der Waals surface area contributed by atoms with Crippen molar-refractivity contribution in [3.8, 4) is 28.3 Å². The van der Waals surface area contributed by atoms with Crippen LogP contribution in [0.2, 0.25) is 0 Å². The van der Waals surface area contributed by atoms with Gasteiger partial charge in [-0.15, -0.1) is 0 Å². The normalized spacial score (nSPS) is 14.9. The predicted octanol–water partition coefficient (Wildman–Crippen LogP) is 9.10. The second-order valence-corrected chi connectivity index (χ2v) is 15.0. The second-order valence-electron chi connectivity index (χ2n) is 15.0. The number of pyridine rings is 1. The monoisotopic (exact) mass is 792 g/mol. The van der Waals surface area contributed by atoms with E-state index < -0.39 is 12.2 Å². The Balaban J connectivity index is 0.00000166. The van der Waals surface area contributed by atoms with Gasteiger partial charge in [0.25, 0.3) is 12.9 Å². The van der Waals surface area contributed by atoms with Crippen LogP contribution in [0.4, 0.5) is 20.3 Å². The first-order valence-electron chi connectivity index (χ1n) is 19.8. The molecule has 0 amide bonds. The largest absolute Gasteiger partial charge is 0.496 e. The Morgan fingerprint density at radius 2 is 1.64 bits per heavy atom. The summed E-state index contributed by atoms with van der Waals surface area (Å²) in [7, 11) is 5.51. The summed E-state index contributed by atoms with van der Waals surface area (Å²) in [5.74, 6) is 1.24. The molecule has 3 aromatic carbocycles. The van der Waals surface area contributed by atoms with Crippen LogP contribution in [0.3, 0.4) is 0 Å². The van der Waals surface area contributed by atoms with Gasteiger partial charge in [0.05, 0.1) is 42.7 Å². The molecule has 58 heavy (non-hydrogen) atoms. The highest BCUT2D eigenvalue weighted by Crippen LogP contribution is 2.39. The molecule has 0 radical (unpaired) electrons. The Bertz CT molecular complexity index is 2350. The van der Waals surface area contributed by atoms with Crippen LogP contribution in [0, 0.1) is 6.92 Å². The van der Waals surface area contributed by atoms with E-state index in [4.69, 9.17) is 29.5 Å². The third-order valence-corrected chi connectivity index (χ3v) is 11.3.